The molecular formula is C20H15ClS. The standard InChI is InChI=1S/C20H15ClS/c21-18-13-11-15(12-14-18)19-20(22-19,16-7-3-1-4-8-16)17-9-5-2-6-10-17/h1-14,19H. The summed E-state index contributed by atoms with van der Waals surface area (Å²) in [6, 6.07) is 29.8. The van der Waals surface area contributed by atoms with Crippen molar-refractivity contribution in [1.29, 1.82) is 0 Å². The third-order valence-electron chi connectivity index (χ3n) is 4.19. The highest BCUT2D eigenvalue weighted by Crippen LogP contribution is 2.74. The number of halogens is 1. The molecule has 0 amide bonds. The molecule has 1 aliphatic heterocycles. The zero-order valence-corrected chi connectivity index (χ0v) is 13.5. The molecule has 1 fully saturated rings. The number of hydrogen-bond donors (Lipinski definition) is 0. The molecule has 0 bridgehead atoms. The van der Waals surface area contributed by atoms with E-state index in [9.17, 15) is 0 Å². The lowest BCUT2D eigenvalue weighted by molar-refractivity contribution is 0.824. The van der Waals surface area contributed by atoms with Gasteiger partial charge in [0, 0.05) is 5.02 Å². The predicted molar refractivity (Wildman–Crippen MR) is 95.4 cm³/mol. The van der Waals surface area contributed by atoms with Gasteiger partial charge in [-0.05, 0) is 28.8 Å². The van der Waals surface area contributed by atoms with Gasteiger partial charge in [0.1, 0.15) is 0 Å². The van der Waals surface area contributed by atoms with Crippen LogP contribution in [0.15, 0.2) is 84.9 Å². The molecule has 0 nitrogen and oxygen atoms in total. The van der Waals surface area contributed by atoms with Crippen molar-refractivity contribution in [3.05, 3.63) is 107 Å². The lowest BCUT2D eigenvalue weighted by Gasteiger charge is -2.17. The van der Waals surface area contributed by atoms with Crippen LogP contribution in [-0.2, 0) is 4.75 Å². The Bertz CT molecular complexity index is 726. The average molecular weight is 323 g/mol. The molecular weight excluding hydrogens is 308 g/mol. The Morgan fingerprint density at radius 1 is 0.682 bits per heavy atom. The van der Waals surface area contributed by atoms with Gasteiger partial charge in [-0.2, -0.15) is 0 Å². The van der Waals surface area contributed by atoms with Gasteiger partial charge in [0.2, 0.25) is 0 Å². The zero-order chi connectivity index (χ0) is 15.0. The summed E-state index contributed by atoms with van der Waals surface area (Å²) in [6.07, 6.45) is 0. The second-order valence-electron chi connectivity index (χ2n) is 5.52. The van der Waals surface area contributed by atoms with Crippen LogP contribution in [0.5, 0.6) is 0 Å². The Hall–Kier alpha value is -1.70. The third-order valence-corrected chi connectivity index (χ3v) is 6.13. The lowest BCUT2D eigenvalue weighted by Crippen LogP contribution is -2.10. The molecule has 1 saturated heterocycles. The van der Waals surface area contributed by atoms with Gasteiger partial charge in [-0.15, -0.1) is 11.8 Å². The Morgan fingerprint density at radius 3 is 1.68 bits per heavy atom. The molecule has 1 unspecified atom stereocenters. The van der Waals surface area contributed by atoms with Gasteiger partial charge in [-0.1, -0.05) is 84.4 Å². The van der Waals surface area contributed by atoms with E-state index in [2.05, 4.69) is 72.8 Å². The summed E-state index contributed by atoms with van der Waals surface area (Å²) < 4.78 is 0.0242. The number of rotatable bonds is 3. The maximum absolute atomic E-state index is 6.04. The summed E-state index contributed by atoms with van der Waals surface area (Å²) in [5.41, 5.74) is 4.07. The molecule has 3 aromatic carbocycles. The lowest BCUT2D eigenvalue weighted by atomic mass is 9.86. The van der Waals surface area contributed by atoms with Crippen molar-refractivity contribution in [2.45, 2.75) is 10.00 Å². The highest BCUT2D eigenvalue weighted by atomic mass is 35.5. The highest BCUT2D eigenvalue weighted by molar-refractivity contribution is 8.07. The maximum atomic E-state index is 6.04. The Labute approximate surface area is 140 Å². The predicted octanol–water partition coefficient (Wildman–Crippen LogP) is 6.07. The van der Waals surface area contributed by atoms with E-state index in [0.29, 0.717) is 5.25 Å². The van der Waals surface area contributed by atoms with E-state index in [1.165, 1.54) is 16.7 Å². The van der Waals surface area contributed by atoms with Crippen LogP contribution in [0.1, 0.15) is 21.9 Å². The van der Waals surface area contributed by atoms with Crippen molar-refractivity contribution in [1.82, 2.24) is 0 Å². The molecule has 1 atom stereocenters. The van der Waals surface area contributed by atoms with E-state index < -0.39 is 0 Å². The molecule has 0 aromatic heterocycles. The van der Waals surface area contributed by atoms with Crippen molar-refractivity contribution in [2.24, 2.45) is 0 Å². The third kappa shape index (κ3) is 2.25. The summed E-state index contributed by atoms with van der Waals surface area (Å²) in [6.45, 7) is 0. The average Bonchev–Trinajstić information content (AvgIpc) is 3.34. The number of thioether (sulfide) groups is 1. The first-order valence-corrected chi connectivity index (χ1v) is 8.61. The smallest absolute Gasteiger partial charge is 0.0823 e. The van der Waals surface area contributed by atoms with Crippen molar-refractivity contribution >= 4 is 23.4 Å². The topological polar surface area (TPSA) is 0 Å². The molecule has 0 N–H and O–H groups in total. The molecule has 2 heteroatoms. The van der Waals surface area contributed by atoms with Crippen molar-refractivity contribution in [3.63, 3.8) is 0 Å². The van der Waals surface area contributed by atoms with Crippen molar-refractivity contribution in [3.8, 4) is 0 Å². The van der Waals surface area contributed by atoms with Gasteiger partial charge in [-0.3, -0.25) is 0 Å². The first kappa shape index (κ1) is 13.9. The molecule has 0 aliphatic carbocycles. The summed E-state index contributed by atoms with van der Waals surface area (Å²) in [4.78, 5) is 0. The molecule has 0 saturated carbocycles. The minimum Gasteiger partial charge on any atom is -0.134 e. The molecule has 4 rings (SSSR count). The van der Waals surface area contributed by atoms with E-state index in [1.807, 2.05) is 23.9 Å². The summed E-state index contributed by atoms with van der Waals surface area (Å²) in [5, 5.41) is 1.23. The van der Waals surface area contributed by atoms with E-state index in [-0.39, 0.29) is 4.75 Å². The van der Waals surface area contributed by atoms with Crippen LogP contribution in [0.25, 0.3) is 0 Å². The second-order valence-corrected chi connectivity index (χ2v) is 7.30. The van der Waals surface area contributed by atoms with Crippen molar-refractivity contribution in [2.75, 3.05) is 0 Å². The molecule has 108 valence electrons. The van der Waals surface area contributed by atoms with E-state index in [0.717, 1.165) is 5.02 Å². The first-order valence-electron chi connectivity index (χ1n) is 7.35. The summed E-state index contributed by atoms with van der Waals surface area (Å²) in [5.74, 6) is 0. The van der Waals surface area contributed by atoms with Gasteiger partial charge in [0.25, 0.3) is 0 Å². The Morgan fingerprint density at radius 2 is 1.18 bits per heavy atom. The van der Waals surface area contributed by atoms with Gasteiger partial charge in [-0.25, -0.2) is 0 Å². The molecule has 22 heavy (non-hydrogen) atoms. The van der Waals surface area contributed by atoms with Crippen LogP contribution < -0.4 is 0 Å². The van der Waals surface area contributed by atoms with E-state index >= 15 is 0 Å². The quantitative estimate of drug-likeness (QED) is 0.527. The Balaban J connectivity index is 1.81. The maximum Gasteiger partial charge on any atom is 0.0823 e. The second kappa shape index (κ2) is 5.49. The Kier molecular flexibility index (Phi) is 3.48. The SMILES string of the molecule is Clc1ccc(C2SC2(c2ccccc2)c2ccccc2)cc1. The normalized spacial score (nSPS) is 18.9. The van der Waals surface area contributed by atoms with Crippen molar-refractivity contribution < 1.29 is 0 Å². The van der Waals surface area contributed by atoms with Crippen LogP contribution >= 0.6 is 23.4 Å². The fraction of sp³-hybridized carbons (Fsp3) is 0.100. The fourth-order valence-electron chi connectivity index (χ4n) is 3.07. The van der Waals surface area contributed by atoms with Crippen LogP contribution in [0.2, 0.25) is 5.02 Å². The first-order chi connectivity index (χ1) is 10.8. The van der Waals surface area contributed by atoms with Gasteiger partial charge in [0.05, 0.1) is 10.00 Å². The van der Waals surface area contributed by atoms with Crippen LogP contribution in [-0.4, -0.2) is 0 Å². The minimum absolute atomic E-state index is 0.0242. The molecule has 0 radical (unpaired) electrons. The summed E-state index contributed by atoms with van der Waals surface area (Å²) in [7, 11) is 0. The molecule has 0 spiro atoms. The number of benzene rings is 3. The molecule has 1 heterocycles. The van der Waals surface area contributed by atoms with E-state index in [4.69, 9.17) is 11.6 Å². The van der Waals surface area contributed by atoms with Crippen LogP contribution in [0, 0.1) is 0 Å². The summed E-state index contributed by atoms with van der Waals surface area (Å²) >= 11 is 8.04. The highest BCUT2D eigenvalue weighted by Gasteiger charge is 2.58. The van der Waals surface area contributed by atoms with Gasteiger partial charge >= 0.3 is 0 Å². The van der Waals surface area contributed by atoms with E-state index in [1.54, 1.807) is 0 Å². The zero-order valence-electron chi connectivity index (χ0n) is 11.9. The van der Waals surface area contributed by atoms with Gasteiger partial charge in [0.15, 0.2) is 0 Å². The molecule has 1 aliphatic rings. The largest absolute Gasteiger partial charge is 0.134 e. The van der Waals surface area contributed by atoms with Crippen LogP contribution in [0.3, 0.4) is 0 Å². The van der Waals surface area contributed by atoms with Crippen LogP contribution in [0.4, 0.5) is 0 Å². The number of hydrogen-bond acceptors (Lipinski definition) is 1. The monoisotopic (exact) mass is 322 g/mol. The molecule has 3 aromatic rings. The minimum atomic E-state index is 0.0242. The van der Waals surface area contributed by atoms with Gasteiger partial charge < -0.3 is 0 Å². The fourth-order valence-corrected chi connectivity index (χ4v) is 4.74.